The van der Waals surface area contributed by atoms with E-state index in [9.17, 15) is 19.5 Å². The smallest absolute Gasteiger partial charge is 0.326 e. The monoisotopic (exact) mass is 589 g/mol. The number of amides is 1. The van der Waals surface area contributed by atoms with Gasteiger partial charge in [-0.25, -0.2) is 9.78 Å². The third kappa shape index (κ3) is 5.46. The minimum atomic E-state index is -1.01. The molecule has 212 valence electrons. The van der Waals surface area contributed by atoms with Crippen LogP contribution in [0.1, 0.15) is 60.3 Å². The molecule has 0 aliphatic carbocycles. The van der Waals surface area contributed by atoms with Crippen molar-refractivity contribution in [3.8, 4) is 27.5 Å². The summed E-state index contributed by atoms with van der Waals surface area (Å²) in [5.74, 6) is -1.40. The molecule has 1 saturated heterocycles. The summed E-state index contributed by atoms with van der Waals surface area (Å²) in [6, 6.07) is 14.0. The lowest BCUT2D eigenvalue weighted by molar-refractivity contribution is -0.143. The lowest BCUT2D eigenvalue weighted by atomic mass is 9.98. The third-order valence-corrected chi connectivity index (χ3v) is 8.92. The molecule has 1 fully saturated rings. The fourth-order valence-corrected chi connectivity index (χ4v) is 6.54. The molecule has 1 N–H and O–H groups in total. The number of piperidine rings is 1. The molecule has 0 bridgehead atoms. The fourth-order valence-electron chi connectivity index (χ4n) is 5.58. The molecule has 5 rings (SSSR count). The predicted molar refractivity (Wildman–Crippen MR) is 163 cm³/mol. The lowest BCUT2D eigenvalue weighted by Crippen LogP contribution is -2.48. The number of hydrogen-bond acceptors (Lipinski definition) is 5. The SMILES string of the molecule is CCc1cccc(CC)c1-n1c(C)c(C(=O)N2CCCCC2C(=O)O)cc(-c2nc(-c3ccc(Cl)cc3)cs2)c1=O. The van der Waals surface area contributed by atoms with E-state index in [1.807, 2.05) is 49.6 Å². The Hall–Kier alpha value is -3.75. The maximum Gasteiger partial charge on any atom is 0.326 e. The van der Waals surface area contributed by atoms with E-state index in [1.165, 1.54) is 16.2 Å². The van der Waals surface area contributed by atoms with Crippen LogP contribution in [0.15, 0.2) is 58.7 Å². The van der Waals surface area contributed by atoms with Crippen LogP contribution in [0.4, 0.5) is 0 Å². The van der Waals surface area contributed by atoms with Gasteiger partial charge in [0.2, 0.25) is 0 Å². The van der Waals surface area contributed by atoms with Crippen molar-refractivity contribution in [3.63, 3.8) is 0 Å². The number of carbonyl (C=O) groups excluding carboxylic acids is 1. The zero-order chi connectivity index (χ0) is 29.3. The van der Waals surface area contributed by atoms with Gasteiger partial charge in [-0.15, -0.1) is 11.3 Å². The number of carboxylic acids is 1. The highest BCUT2D eigenvalue weighted by Crippen LogP contribution is 2.32. The Labute approximate surface area is 248 Å². The van der Waals surface area contributed by atoms with Gasteiger partial charge in [0, 0.05) is 28.2 Å². The molecule has 2 aromatic heterocycles. The first kappa shape index (κ1) is 28.8. The van der Waals surface area contributed by atoms with Crippen LogP contribution in [0, 0.1) is 6.92 Å². The number of benzene rings is 2. The predicted octanol–water partition coefficient (Wildman–Crippen LogP) is 6.79. The Morgan fingerprint density at radius 3 is 2.39 bits per heavy atom. The molecular weight excluding hydrogens is 558 g/mol. The van der Waals surface area contributed by atoms with Crippen LogP contribution in [0.25, 0.3) is 27.5 Å². The highest BCUT2D eigenvalue weighted by molar-refractivity contribution is 7.13. The summed E-state index contributed by atoms with van der Waals surface area (Å²) in [7, 11) is 0. The van der Waals surface area contributed by atoms with Gasteiger partial charge in [-0.2, -0.15) is 0 Å². The Morgan fingerprint density at radius 2 is 1.76 bits per heavy atom. The van der Waals surface area contributed by atoms with Gasteiger partial charge in [0.25, 0.3) is 11.5 Å². The van der Waals surface area contributed by atoms with Gasteiger partial charge in [-0.05, 0) is 68.4 Å². The number of para-hydroxylation sites is 1. The molecule has 4 aromatic rings. The van der Waals surface area contributed by atoms with Crippen molar-refractivity contribution in [2.75, 3.05) is 6.54 Å². The van der Waals surface area contributed by atoms with Crippen LogP contribution in [0.2, 0.25) is 5.02 Å². The van der Waals surface area contributed by atoms with Gasteiger partial charge in [0.1, 0.15) is 11.0 Å². The van der Waals surface area contributed by atoms with Crippen molar-refractivity contribution < 1.29 is 14.7 Å². The molecule has 1 amide bonds. The molecule has 2 aromatic carbocycles. The second-order valence-electron chi connectivity index (χ2n) is 10.2. The number of nitrogens with zero attached hydrogens (tertiary/aromatic N) is 3. The number of rotatable bonds is 7. The van der Waals surface area contributed by atoms with Crippen LogP contribution in [0.3, 0.4) is 0 Å². The number of pyridine rings is 1. The summed E-state index contributed by atoms with van der Waals surface area (Å²) in [4.78, 5) is 46.7. The average molecular weight is 590 g/mol. The summed E-state index contributed by atoms with van der Waals surface area (Å²) in [5, 5.41) is 12.9. The van der Waals surface area contributed by atoms with Gasteiger partial charge in [0.05, 0.1) is 22.5 Å². The number of carboxylic acid groups (broad SMARTS) is 1. The van der Waals surface area contributed by atoms with Gasteiger partial charge >= 0.3 is 5.97 Å². The Balaban J connectivity index is 1.75. The molecule has 3 heterocycles. The number of halogens is 1. The van der Waals surface area contributed by atoms with Crippen molar-refractivity contribution in [2.24, 2.45) is 0 Å². The molecule has 0 saturated carbocycles. The van der Waals surface area contributed by atoms with E-state index in [0.29, 0.717) is 58.4 Å². The Morgan fingerprint density at radius 1 is 1.07 bits per heavy atom. The van der Waals surface area contributed by atoms with Gasteiger partial charge in [0.15, 0.2) is 0 Å². The van der Waals surface area contributed by atoms with Crippen molar-refractivity contribution in [1.82, 2.24) is 14.5 Å². The van der Waals surface area contributed by atoms with Crippen LogP contribution in [0.5, 0.6) is 0 Å². The number of aromatic nitrogens is 2. The highest BCUT2D eigenvalue weighted by Gasteiger charge is 2.34. The Kier molecular flexibility index (Phi) is 8.42. The maximum absolute atomic E-state index is 14.3. The second kappa shape index (κ2) is 12.0. The molecule has 9 heteroatoms. The van der Waals surface area contributed by atoms with Crippen molar-refractivity contribution >= 4 is 34.8 Å². The normalized spacial score (nSPS) is 15.2. The summed E-state index contributed by atoms with van der Waals surface area (Å²) in [6.45, 7) is 6.20. The van der Waals surface area contributed by atoms with Crippen LogP contribution < -0.4 is 5.56 Å². The average Bonchev–Trinajstić information content (AvgIpc) is 3.47. The van der Waals surface area contributed by atoms with Gasteiger partial charge < -0.3 is 10.0 Å². The number of aryl methyl sites for hydroxylation is 2. The quantitative estimate of drug-likeness (QED) is 0.256. The van der Waals surface area contributed by atoms with E-state index in [2.05, 4.69) is 0 Å². The van der Waals surface area contributed by atoms with E-state index in [4.69, 9.17) is 16.6 Å². The molecule has 1 unspecified atom stereocenters. The lowest BCUT2D eigenvalue weighted by Gasteiger charge is -2.33. The summed E-state index contributed by atoms with van der Waals surface area (Å²) >= 11 is 7.40. The Bertz CT molecular complexity index is 1650. The first-order valence-electron chi connectivity index (χ1n) is 13.9. The molecular formula is C32H32ClN3O4S. The van der Waals surface area contributed by atoms with E-state index in [-0.39, 0.29) is 11.5 Å². The number of carbonyl (C=O) groups is 2. The molecule has 1 aliphatic heterocycles. The molecule has 0 radical (unpaired) electrons. The minimum Gasteiger partial charge on any atom is -0.480 e. The molecule has 1 aliphatic rings. The largest absolute Gasteiger partial charge is 0.480 e. The zero-order valence-electron chi connectivity index (χ0n) is 23.3. The van der Waals surface area contributed by atoms with Crippen LogP contribution in [-0.4, -0.2) is 44.0 Å². The number of hydrogen-bond donors (Lipinski definition) is 1. The standard InChI is InChI=1S/C32H32ClN3O4S/c1-4-20-9-8-10-21(5-2)28(20)36-19(3)24(30(37)35-16-7-6-11-27(35)32(39)40)17-25(31(36)38)29-34-26(18-41-29)22-12-14-23(33)15-13-22/h8-10,12-15,17-18,27H,4-7,11,16H2,1-3H3,(H,39,40). The third-order valence-electron chi connectivity index (χ3n) is 7.79. The first-order valence-corrected chi connectivity index (χ1v) is 15.1. The van der Waals surface area contributed by atoms with E-state index in [1.54, 1.807) is 29.7 Å². The summed E-state index contributed by atoms with van der Waals surface area (Å²) < 4.78 is 1.64. The zero-order valence-corrected chi connectivity index (χ0v) is 24.9. The van der Waals surface area contributed by atoms with Crippen molar-refractivity contribution in [3.05, 3.63) is 91.7 Å². The summed E-state index contributed by atoms with van der Waals surface area (Å²) in [6.07, 6.45) is 3.29. The first-order chi connectivity index (χ1) is 19.7. The van der Waals surface area contributed by atoms with Gasteiger partial charge in [-0.1, -0.05) is 55.8 Å². The number of aliphatic carboxylic acids is 1. The van der Waals surface area contributed by atoms with E-state index >= 15 is 0 Å². The summed E-state index contributed by atoms with van der Waals surface area (Å²) in [5.41, 5.74) is 5.17. The highest BCUT2D eigenvalue weighted by atomic mass is 35.5. The number of likely N-dealkylation sites (tertiary alicyclic amines) is 1. The van der Waals surface area contributed by atoms with E-state index in [0.717, 1.165) is 35.2 Å². The van der Waals surface area contributed by atoms with Crippen molar-refractivity contribution in [1.29, 1.82) is 0 Å². The molecule has 7 nitrogen and oxygen atoms in total. The van der Waals surface area contributed by atoms with Crippen molar-refractivity contribution in [2.45, 2.75) is 58.9 Å². The second-order valence-corrected chi connectivity index (χ2v) is 11.5. The maximum atomic E-state index is 14.3. The van der Waals surface area contributed by atoms with Crippen LogP contribution in [-0.2, 0) is 17.6 Å². The molecule has 1 atom stereocenters. The van der Waals surface area contributed by atoms with Gasteiger partial charge in [-0.3, -0.25) is 14.2 Å². The van der Waals surface area contributed by atoms with E-state index < -0.39 is 12.0 Å². The molecule has 41 heavy (non-hydrogen) atoms. The molecule has 0 spiro atoms. The minimum absolute atomic E-state index is 0.264. The van der Waals surface area contributed by atoms with Crippen LogP contribution >= 0.6 is 22.9 Å². The topological polar surface area (TPSA) is 92.5 Å². The number of thiazole rings is 1. The fraction of sp³-hybridized carbons (Fsp3) is 0.312.